The first-order valence-electron chi connectivity index (χ1n) is 6.30. The minimum absolute atomic E-state index is 0.182. The third-order valence-corrected chi connectivity index (χ3v) is 3.85. The van der Waals surface area contributed by atoms with Gasteiger partial charge < -0.3 is 9.67 Å². The summed E-state index contributed by atoms with van der Waals surface area (Å²) in [6.45, 7) is 0. The fraction of sp³-hybridized carbons (Fsp3) is 0.429. The largest absolute Gasteiger partial charge is 0.383 e. The van der Waals surface area contributed by atoms with Gasteiger partial charge in [0.05, 0.1) is 11.0 Å². The maximum absolute atomic E-state index is 12.3. The SMILES string of the molecule is Cn1c(=O)c(C2(O)CCCC2)nc2ccccc21. The van der Waals surface area contributed by atoms with Gasteiger partial charge in [-0.25, -0.2) is 4.98 Å². The highest BCUT2D eigenvalue weighted by molar-refractivity contribution is 5.74. The van der Waals surface area contributed by atoms with Gasteiger partial charge in [-0.05, 0) is 25.0 Å². The van der Waals surface area contributed by atoms with Gasteiger partial charge in [0.25, 0.3) is 5.56 Å². The van der Waals surface area contributed by atoms with E-state index in [1.807, 2.05) is 24.3 Å². The Kier molecular flexibility index (Phi) is 2.48. The van der Waals surface area contributed by atoms with Gasteiger partial charge in [0, 0.05) is 7.05 Å². The molecular weight excluding hydrogens is 228 g/mol. The molecule has 1 aromatic carbocycles. The molecule has 0 amide bonds. The second-order valence-corrected chi connectivity index (χ2v) is 5.05. The Balaban J connectivity index is 2.31. The van der Waals surface area contributed by atoms with Crippen LogP contribution in [-0.2, 0) is 12.6 Å². The van der Waals surface area contributed by atoms with Crippen molar-refractivity contribution < 1.29 is 5.11 Å². The van der Waals surface area contributed by atoms with Crippen molar-refractivity contribution in [3.8, 4) is 0 Å². The second kappa shape index (κ2) is 3.92. The molecule has 18 heavy (non-hydrogen) atoms. The Morgan fingerprint density at radius 1 is 1.28 bits per heavy atom. The van der Waals surface area contributed by atoms with Gasteiger partial charge in [-0.15, -0.1) is 0 Å². The molecule has 1 saturated carbocycles. The van der Waals surface area contributed by atoms with Crippen LogP contribution in [0.3, 0.4) is 0 Å². The van der Waals surface area contributed by atoms with Crippen molar-refractivity contribution >= 4 is 11.0 Å². The number of hydrogen-bond acceptors (Lipinski definition) is 3. The molecule has 1 fully saturated rings. The average molecular weight is 244 g/mol. The predicted molar refractivity (Wildman–Crippen MR) is 69.3 cm³/mol. The number of rotatable bonds is 1. The summed E-state index contributed by atoms with van der Waals surface area (Å²) >= 11 is 0. The van der Waals surface area contributed by atoms with Crippen molar-refractivity contribution in [2.45, 2.75) is 31.3 Å². The maximum atomic E-state index is 12.3. The van der Waals surface area contributed by atoms with E-state index >= 15 is 0 Å². The van der Waals surface area contributed by atoms with E-state index in [1.54, 1.807) is 11.6 Å². The lowest BCUT2D eigenvalue weighted by Gasteiger charge is -2.21. The van der Waals surface area contributed by atoms with E-state index in [-0.39, 0.29) is 5.56 Å². The first kappa shape index (κ1) is 11.4. The highest BCUT2D eigenvalue weighted by atomic mass is 16.3. The van der Waals surface area contributed by atoms with Gasteiger partial charge in [0.1, 0.15) is 11.3 Å². The minimum atomic E-state index is -1.03. The maximum Gasteiger partial charge on any atom is 0.275 e. The van der Waals surface area contributed by atoms with Crippen molar-refractivity contribution in [1.82, 2.24) is 9.55 Å². The molecule has 0 spiro atoms. The summed E-state index contributed by atoms with van der Waals surface area (Å²) in [5.41, 5.74) is 0.654. The van der Waals surface area contributed by atoms with E-state index in [0.717, 1.165) is 23.9 Å². The lowest BCUT2D eigenvalue weighted by atomic mass is 9.98. The molecule has 0 saturated heterocycles. The minimum Gasteiger partial charge on any atom is -0.383 e. The number of aliphatic hydroxyl groups is 1. The van der Waals surface area contributed by atoms with Gasteiger partial charge in [-0.2, -0.15) is 0 Å². The van der Waals surface area contributed by atoms with Crippen LogP contribution in [0.2, 0.25) is 0 Å². The summed E-state index contributed by atoms with van der Waals surface area (Å²) < 4.78 is 1.58. The molecule has 2 aromatic rings. The smallest absolute Gasteiger partial charge is 0.275 e. The van der Waals surface area contributed by atoms with Crippen LogP contribution in [0.15, 0.2) is 29.1 Å². The van der Waals surface area contributed by atoms with E-state index in [2.05, 4.69) is 4.98 Å². The van der Waals surface area contributed by atoms with Crippen LogP contribution in [0.25, 0.3) is 11.0 Å². The first-order chi connectivity index (χ1) is 8.62. The fourth-order valence-electron chi connectivity index (χ4n) is 2.78. The standard InChI is InChI=1S/C14H16N2O2/c1-16-11-7-3-2-6-10(11)15-12(13(16)17)14(18)8-4-5-9-14/h2-3,6-7,18H,4-5,8-9H2,1H3. The summed E-state index contributed by atoms with van der Waals surface area (Å²) in [5.74, 6) is 0. The molecule has 0 aliphatic heterocycles. The van der Waals surface area contributed by atoms with Gasteiger partial charge in [-0.1, -0.05) is 25.0 Å². The Morgan fingerprint density at radius 3 is 2.67 bits per heavy atom. The third kappa shape index (κ3) is 1.56. The highest BCUT2D eigenvalue weighted by Gasteiger charge is 2.37. The summed E-state index contributed by atoms with van der Waals surface area (Å²) in [6.07, 6.45) is 3.17. The number of hydrogen-bond donors (Lipinski definition) is 1. The van der Waals surface area contributed by atoms with Crippen molar-refractivity contribution in [2.75, 3.05) is 0 Å². The molecule has 1 heterocycles. The van der Waals surface area contributed by atoms with Crippen LogP contribution >= 0.6 is 0 Å². The molecule has 1 aromatic heterocycles. The molecule has 0 radical (unpaired) electrons. The van der Waals surface area contributed by atoms with E-state index in [9.17, 15) is 9.90 Å². The highest BCUT2D eigenvalue weighted by Crippen LogP contribution is 2.36. The number of aryl methyl sites for hydroxylation is 1. The summed E-state index contributed by atoms with van der Waals surface area (Å²) in [6, 6.07) is 7.51. The number of fused-ring (bicyclic) bond motifs is 1. The molecule has 1 aliphatic rings. The zero-order chi connectivity index (χ0) is 12.8. The molecule has 94 valence electrons. The van der Waals surface area contributed by atoms with Crippen molar-refractivity contribution in [3.05, 3.63) is 40.3 Å². The zero-order valence-corrected chi connectivity index (χ0v) is 10.4. The van der Waals surface area contributed by atoms with Crippen LogP contribution < -0.4 is 5.56 Å². The lowest BCUT2D eigenvalue weighted by molar-refractivity contribution is 0.0383. The van der Waals surface area contributed by atoms with Crippen molar-refractivity contribution in [1.29, 1.82) is 0 Å². The average Bonchev–Trinajstić information content (AvgIpc) is 2.82. The van der Waals surface area contributed by atoms with Gasteiger partial charge in [0.2, 0.25) is 0 Å². The molecule has 1 aliphatic carbocycles. The topological polar surface area (TPSA) is 55.1 Å². The monoisotopic (exact) mass is 244 g/mol. The summed E-state index contributed by atoms with van der Waals surface area (Å²) in [7, 11) is 1.73. The fourth-order valence-corrected chi connectivity index (χ4v) is 2.78. The van der Waals surface area contributed by atoms with Gasteiger partial charge in [-0.3, -0.25) is 4.79 Å². The number of para-hydroxylation sites is 2. The molecule has 0 bridgehead atoms. The van der Waals surface area contributed by atoms with Crippen LogP contribution in [0.5, 0.6) is 0 Å². The molecule has 4 nitrogen and oxygen atoms in total. The van der Waals surface area contributed by atoms with E-state index in [1.165, 1.54) is 0 Å². The van der Waals surface area contributed by atoms with Crippen LogP contribution in [0.1, 0.15) is 31.4 Å². The quantitative estimate of drug-likeness (QED) is 0.830. The number of aromatic nitrogens is 2. The second-order valence-electron chi connectivity index (χ2n) is 5.05. The molecule has 0 atom stereocenters. The zero-order valence-electron chi connectivity index (χ0n) is 10.4. The van der Waals surface area contributed by atoms with E-state index in [4.69, 9.17) is 0 Å². The van der Waals surface area contributed by atoms with Crippen LogP contribution in [0, 0.1) is 0 Å². The van der Waals surface area contributed by atoms with Gasteiger partial charge in [0.15, 0.2) is 0 Å². The van der Waals surface area contributed by atoms with Crippen molar-refractivity contribution in [2.24, 2.45) is 7.05 Å². The Morgan fingerprint density at radius 2 is 1.94 bits per heavy atom. The molecule has 3 rings (SSSR count). The summed E-state index contributed by atoms with van der Waals surface area (Å²) in [4.78, 5) is 16.7. The van der Waals surface area contributed by atoms with Crippen LogP contribution in [0.4, 0.5) is 0 Å². The third-order valence-electron chi connectivity index (χ3n) is 3.85. The molecule has 4 heteroatoms. The Bertz CT molecular complexity index is 654. The summed E-state index contributed by atoms with van der Waals surface area (Å²) in [5, 5.41) is 10.6. The van der Waals surface area contributed by atoms with Crippen molar-refractivity contribution in [3.63, 3.8) is 0 Å². The molecule has 0 unspecified atom stereocenters. The molecular formula is C14H16N2O2. The lowest BCUT2D eigenvalue weighted by Crippen LogP contribution is -2.35. The molecule has 1 N–H and O–H groups in total. The normalized spacial score (nSPS) is 18.3. The predicted octanol–water partition coefficient (Wildman–Crippen LogP) is 1.70. The van der Waals surface area contributed by atoms with Gasteiger partial charge >= 0.3 is 0 Å². The first-order valence-corrected chi connectivity index (χ1v) is 6.30. The Hall–Kier alpha value is -1.68. The van der Waals surface area contributed by atoms with Crippen LogP contribution in [-0.4, -0.2) is 14.7 Å². The number of benzene rings is 1. The Labute approximate surface area is 105 Å². The van der Waals surface area contributed by atoms with E-state index < -0.39 is 5.60 Å². The number of nitrogens with zero attached hydrogens (tertiary/aromatic N) is 2. The van der Waals surface area contributed by atoms with E-state index in [0.29, 0.717) is 18.5 Å².